The van der Waals surface area contributed by atoms with E-state index >= 15 is 0 Å². The molecule has 1 amide bonds. The van der Waals surface area contributed by atoms with Gasteiger partial charge in [0.05, 0.1) is 18.3 Å². The second-order valence-corrected chi connectivity index (χ2v) is 4.92. The van der Waals surface area contributed by atoms with Crippen molar-refractivity contribution in [1.29, 1.82) is 0 Å². The molecule has 5 nitrogen and oxygen atoms in total. The monoisotopic (exact) mass is 264 g/mol. The highest BCUT2D eigenvalue weighted by Crippen LogP contribution is 2.25. The van der Waals surface area contributed by atoms with Crippen LogP contribution in [0.1, 0.15) is 23.2 Å². The van der Waals surface area contributed by atoms with Gasteiger partial charge in [0.1, 0.15) is 5.75 Å². The van der Waals surface area contributed by atoms with Gasteiger partial charge in [-0.3, -0.25) is 4.79 Å². The normalized spacial score (nSPS) is 18.2. The molecule has 0 aromatic heterocycles. The minimum absolute atomic E-state index is 0.0588. The number of amides is 1. The maximum Gasteiger partial charge on any atom is 0.257 e. The zero-order valence-corrected chi connectivity index (χ0v) is 11.1. The average molecular weight is 264 g/mol. The molecule has 1 saturated heterocycles. The van der Waals surface area contributed by atoms with Crippen LogP contribution in [-0.4, -0.2) is 48.3 Å². The van der Waals surface area contributed by atoms with E-state index in [1.165, 1.54) is 0 Å². The van der Waals surface area contributed by atoms with Crippen molar-refractivity contribution < 1.29 is 14.6 Å². The van der Waals surface area contributed by atoms with E-state index in [4.69, 9.17) is 10.5 Å². The lowest BCUT2D eigenvalue weighted by Gasteiger charge is -2.37. The van der Waals surface area contributed by atoms with Gasteiger partial charge < -0.3 is 20.5 Å². The summed E-state index contributed by atoms with van der Waals surface area (Å²) in [4.78, 5) is 14.1. The Kier molecular flexibility index (Phi) is 4.07. The SMILES string of the molecule is COc1ccccc1C(=O)N1CCC(O)(CN)CC1. The third-order valence-electron chi connectivity index (χ3n) is 3.70. The first kappa shape index (κ1) is 13.8. The van der Waals surface area contributed by atoms with Crippen molar-refractivity contribution in [1.82, 2.24) is 4.90 Å². The maximum atomic E-state index is 12.4. The molecule has 1 heterocycles. The van der Waals surface area contributed by atoms with Crippen LogP contribution >= 0.6 is 0 Å². The lowest BCUT2D eigenvalue weighted by molar-refractivity contribution is -0.00957. The van der Waals surface area contributed by atoms with E-state index in [2.05, 4.69) is 0 Å². The van der Waals surface area contributed by atoms with Gasteiger partial charge in [0, 0.05) is 19.6 Å². The Hall–Kier alpha value is -1.59. The van der Waals surface area contributed by atoms with Crippen LogP contribution in [0.25, 0.3) is 0 Å². The molecule has 0 radical (unpaired) electrons. The fourth-order valence-corrected chi connectivity index (χ4v) is 2.32. The van der Waals surface area contributed by atoms with Crippen molar-refractivity contribution in [3.63, 3.8) is 0 Å². The first-order valence-corrected chi connectivity index (χ1v) is 6.44. The number of para-hydroxylation sites is 1. The Labute approximate surface area is 113 Å². The summed E-state index contributed by atoms with van der Waals surface area (Å²) in [5.41, 5.74) is 5.28. The number of rotatable bonds is 3. The third kappa shape index (κ3) is 2.88. The van der Waals surface area contributed by atoms with E-state index in [9.17, 15) is 9.90 Å². The summed E-state index contributed by atoms with van der Waals surface area (Å²) in [7, 11) is 1.55. The number of hydrogen-bond acceptors (Lipinski definition) is 4. The summed E-state index contributed by atoms with van der Waals surface area (Å²) in [6.07, 6.45) is 1.04. The number of carbonyl (C=O) groups is 1. The van der Waals surface area contributed by atoms with Gasteiger partial charge in [-0.05, 0) is 25.0 Å². The summed E-state index contributed by atoms with van der Waals surface area (Å²) in [5, 5.41) is 10.1. The lowest BCUT2D eigenvalue weighted by atomic mass is 9.91. The van der Waals surface area contributed by atoms with Crippen molar-refractivity contribution in [3.05, 3.63) is 29.8 Å². The van der Waals surface area contributed by atoms with Crippen molar-refractivity contribution in [3.8, 4) is 5.75 Å². The van der Waals surface area contributed by atoms with Crippen LogP contribution in [0.3, 0.4) is 0 Å². The van der Waals surface area contributed by atoms with Crippen molar-refractivity contribution in [2.45, 2.75) is 18.4 Å². The molecule has 1 aliphatic heterocycles. The Bertz CT molecular complexity index is 454. The number of ether oxygens (including phenoxy) is 1. The summed E-state index contributed by atoms with van der Waals surface area (Å²) >= 11 is 0. The Morgan fingerprint density at radius 2 is 2.05 bits per heavy atom. The van der Waals surface area contributed by atoms with Crippen LogP contribution in [0.15, 0.2) is 24.3 Å². The molecule has 19 heavy (non-hydrogen) atoms. The number of benzene rings is 1. The Balaban J connectivity index is 2.09. The zero-order chi connectivity index (χ0) is 13.9. The largest absolute Gasteiger partial charge is 0.496 e. The second-order valence-electron chi connectivity index (χ2n) is 4.92. The standard InChI is InChI=1S/C14H20N2O3/c1-19-12-5-3-2-4-11(12)13(17)16-8-6-14(18,10-15)7-9-16/h2-5,18H,6-10,15H2,1H3. The highest BCUT2D eigenvalue weighted by atomic mass is 16.5. The molecular weight excluding hydrogens is 244 g/mol. The molecule has 3 N–H and O–H groups in total. The predicted molar refractivity (Wildman–Crippen MR) is 72.1 cm³/mol. The molecule has 5 heteroatoms. The van der Waals surface area contributed by atoms with Crippen molar-refractivity contribution >= 4 is 5.91 Å². The third-order valence-corrected chi connectivity index (χ3v) is 3.70. The molecule has 104 valence electrons. The first-order valence-electron chi connectivity index (χ1n) is 6.44. The number of methoxy groups -OCH3 is 1. The minimum Gasteiger partial charge on any atom is -0.496 e. The van der Waals surface area contributed by atoms with Gasteiger partial charge in [-0.15, -0.1) is 0 Å². The average Bonchev–Trinajstić information content (AvgIpc) is 2.47. The van der Waals surface area contributed by atoms with Crippen LogP contribution in [0.2, 0.25) is 0 Å². The van der Waals surface area contributed by atoms with Gasteiger partial charge in [0.15, 0.2) is 0 Å². The van der Waals surface area contributed by atoms with E-state index in [1.54, 1.807) is 24.1 Å². The minimum atomic E-state index is -0.822. The van der Waals surface area contributed by atoms with Gasteiger partial charge in [0.25, 0.3) is 5.91 Å². The number of carbonyl (C=O) groups excluding carboxylic acids is 1. The van der Waals surface area contributed by atoms with Crippen molar-refractivity contribution in [2.24, 2.45) is 5.73 Å². The smallest absolute Gasteiger partial charge is 0.257 e. The van der Waals surface area contributed by atoms with Gasteiger partial charge in [-0.1, -0.05) is 12.1 Å². The van der Waals surface area contributed by atoms with Gasteiger partial charge in [-0.2, -0.15) is 0 Å². The maximum absolute atomic E-state index is 12.4. The number of piperidine rings is 1. The van der Waals surface area contributed by atoms with E-state index in [0.29, 0.717) is 37.2 Å². The summed E-state index contributed by atoms with van der Waals surface area (Å²) in [6, 6.07) is 7.17. The number of aliphatic hydroxyl groups is 1. The van der Waals surface area contributed by atoms with Crippen LogP contribution in [0, 0.1) is 0 Å². The molecule has 1 aromatic rings. The molecule has 1 aromatic carbocycles. The fraction of sp³-hybridized carbons (Fsp3) is 0.500. The molecule has 1 aliphatic rings. The number of hydrogen-bond donors (Lipinski definition) is 2. The molecule has 0 unspecified atom stereocenters. The number of nitrogens with zero attached hydrogens (tertiary/aromatic N) is 1. The predicted octanol–water partition coefficient (Wildman–Crippen LogP) is 0.621. The van der Waals surface area contributed by atoms with Crippen LogP contribution in [0.5, 0.6) is 5.75 Å². The molecule has 0 bridgehead atoms. The molecule has 1 fully saturated rings. The summed E-state index contributed by atoms with van der Waals surface area (Å²) in [5.74, 6) is 0.517. The zero-order valence-electron chi connectivity index (χ0n) is 11.1. The quantitative estimate of drug-likeness (QED) is 0.839. The van der Waals surface area contributed by atoms with Crippen molar-refractivity contribution in [2.75, 3.05) is 26.7 Å². The van der Waals surface area contributed by atoms with Gasteiger partial charge >= 0.3 is 0 Å². The molecular formula is C14H20N2O3. The molecule has 0 spiro atoms. The van der Waals surface area contributed by atoms with Crippen LogP contribution in [0.4, 0.5) is 0 Å². The van der Waals surface area contributed by atoms with E-state index in [1.807, 2.05) is 12.1 Å². The molecule has 0 atom stereocenters. The van der Waals surface area contributed by atoms with E-state index in [-0.39, 0.29) is 12.5 Å². The van der Waals surface area contributed by atoms with Crippen LogP contribution < -0.4 is 10.5 Å². The number of nitrogens with two attached hydrogens (primary N) is 1. The highest BCUT2D eigenvalue weighted by molar-refractivity contribution is 5.97. The highest BCUT2D eigenvalue weighted by Gasteiger charge is 2.33. The van der Waals surface area contributed by atoms with Gasteiger partial charge in [0.2, 0.25) is 0 Å². The second kappa shape index (κ2) is 5.59. The fourth-order valence-electron chi connectivity index (χ4n) is 2.32. The van der Waals surface area contributed by atoms with E-state index < -0.39 is 5.60 Å². The Morgan fingerprint density at radius 1 is 1.42 bits per heavy atom. The molecule has 0 aliphatic carbocycles. The Morgan fingerprint density at radius 3 is 2.63 bits per heavy atom. The topological polar surface area (TPSA) is 75.8 Å². The number of likely N-dealkylation sites (tertiary alicyclic amines) is 1. The van der Waals surface area contributed by atoms with Gasteiger partial charge in [-0.25, -0.2) is 0 Å². The molecule has 2 rings (SSSR count). The molecule has 0 saturated carbocycles. The summed E-state index contributed by atoms with van der Waals surface area (Å²) in [6.45, 7) is 1.28. The lowest BCUT2D eigenvalue weighted by Crippen LogP contribution is -2.50. The van der Waals surface area contributed by atoms with E-state index in [0.717, 1.165) is 0 Å². The summed E-state index contributed by atoms with van der Waals surface area (Å²) < 4.78 is 5.20. The van der Waals surface area contributed by atoms with Crippen LogP contribution in [-0.2, 0) is 0 Å². The first-order chi connectivity index (χ1) is 9.09.